The molecular formula is C26H28N2O3S. The lowest BCUT2D eigenvalue weighted by Crippen LogP contribution is -2.29. The van der Waals surface area contributed by atoms with E-state index in [0.29, 0.717) is 17.0 Å². The number of carbonyl (C=O) groups is 1. The van der Waals surface area contributed by atoms with Crippen molar-refractivity contribution in [1.29, 1.82) is 0 Å². The van der Waals surface area contributed by atoms with Crippen molar-refractivity contribution in [2.45, 2.75) is 45.6 Å². The highest BCUT2D eigenvalue weighted by Gasteiger charge is 2.27. The zero-order valence-corrected chi connectivity index (χ0v) is 19.7. The molecule has 0 unspecified atom stereocenters. The van der Waals surface area contributed by atoms with Gasteiger partial charge in [0.2, 0.25) is 10.0 Å². The van der Waals surface area contributed by atoms with Crippen molar-refractivity contribution >= 4 is 21.6 Å². The first kappa shape index (κ1) is 22.2. The number of nitrogens with one attached hydrogen (secondary N) is 1. The van der Waals surface area contributed by atoms with Crippen molar-refractivity contribution in [3.8, 4) is 0 Å². The lowest BCUT2D eigenvalue weighted by Gasteiger charge is -2.19. The summed E-state index contributed by atoms with van der Waals surface area (Å²) in [6, 6.07) is 17.0. The zero-order chi connectivity index (χ0) is 23.0. The van der Waals surface area contributed by atoms with Crippen molar-refractivity contribution in [3.05, 3.63) is 93.5 Å². The SMILES string of the molecule is Cc1cc(C)c(S(=O)(=O)NCc2ccc3c(c2)N(C(=O)c2ccccc2C)CC3)cc1C. The lowest BCUT2D eigenvalue weighted by molar-refractivity contribution is 0.0989. The lowest BCUT2D eigenvalue weighted by atomic mass is 10.1. The van der Waals surface area contributed by atoms with Crippen LogP contribution in [0.15, 0.2) is 59.5 Å². The van der Waals surface area contributed by atoms with Crippen LogP contribution < -0.4 is 9.62 Å². The van der Waals surface area contributed by atoms with Gasteiger partial charge in [0.1, 0.15) is 0 Å². The molecule has 5 nitrogen and oxygen atoms in total. The molecule has 166 valence electrons. The minimum absolute atomic E-state index is 0.0228. The van der Waals surface area contributed by atoms with Crippen LogP contribution in [0.2, 0.25) is 0 Å². The summed E-state index contributed by atoms with van der Waals surface area (Å²) in [7, 11) is -3.65. The molecule has 3 aromatic carbocycles. The van der Waals surface area contributed by atoms with E-state index in [1.165, 1.54) is 0 Å². The quantitative estimate of drug-likeness (QED) is 0.620. The predicted molar refractivity (Wildman–Crippen MR) is 128 cm³/mol. The molecule has 0 aliphatic carbocycles. The van der Waals surface area contributed by atoms with Crippen molar-refractivity contribution in [2.24, 2.45) is 0 Å². The van der Waals surface area contributed by atoms with Crippen LogP contribution in [0.3, 0.4) is 0 Å². The number of anilines is 1. The molecule has 1 amide bonds. The first-order valence-electron chi connectivity index (χ1n) is 10.7. The number of benzene rings is 3. The average Bonchev–Trinajstić information content (AvgIpc) is 3.18. The van der Waals surface area contributed by atoms with Gasteiger partial charge in [0.15, 0.2) is 0 Å². The zero-order valence-electron chi connectivity index (χ0n) is 18.9. The topological polar surface area (TPSA) is 66.5 Å². The molecular weight excluding hydrogens is 420 g/mol. The first-order valence-corrected chi connectivity index (χ1v) is 12.2. The minimum atomic E-state index is -3.65. The van der Waals surface area contributed by atoms with Gasteiger partial charge in [0.05, 0.1) is 4.90 Å². The number of fused-ring (bicyclic) bond motifs is 1. The Balaban J connectivity index is 1.56. The van der Waals surface area contributed by atoms with Gasteiger partial charge in [-0.1, -0.05) is 36.4 Å². The third-order valence-corrected chi connectivity index (χ3v) is 7.76. The second-order valence-corrected chi connectivity index (χ2v) is 10.2. The summed E-state index contributed by atoms with van der Waals surface area (Å²) < 4.78 is 28.6. The summed E-state index contributed by atoms with van der Waals surface area (Å²) >= 11 is 0. The molecule has 0 aromatic heterocycles. The molecule has 1 heterocycles. The fourth-order valence-corrected chi connectivity index (χ4v) is 5.51. The Morgan fingerprint density at radius 1 is 0.906 bits per heavy atom. The molecule has 0 saturated carbocycles. The summed E-state index contributed by atoms with van der Waals surface area (Å²) in [6.45, 7) is 8.42. The van der Waals surface area contributed by atoms with Crippen LogP contribution in [0.4, 0.5) is 5.69 Å². The van der Waals surface area contributed by atoms with Gasteiger partial charge in [0, 0.05) is 24.3 Å². The third-order valence-electron chi connectivity index (χ3n) is 6.21. The Labute approximate surface area is 190 Å². The Kier molecular flexibility index (Phi) is 5.93. The van der Waals surface area contributed by atoms with E-state index in [0.717, 1.165) is 45.5 Å². The molecule has 0 spiro atoms. The molecule has 32 heavy (non-hydrogen) atoms. The van der Waals surface area contributed by atoms with Crippen LogP contribution in [-0.4, -0.2) is 20.9 Å². The number of rotatable bonds is 5. The van der Waals surface area contributed by atoms with Gasteiger partial charge >= 0.3 is 0 Å². The normalized spacial score (nSPS) is 13.3. The van der Waals surface area contributed by atoms with Crippen LogP contribution in [0, 0.1) is 27.7 Å². The van der Waals surface area contributed by atoms with Crippen molar-refractivity contribution in [2.75, 3.05) is 11.4 Å². The predicted octanol–water partition coefficient (Wildman–Crippen LogP) is 4.60. The Morgan fingerprint density at radius 3 is 2.38 bits per heavy atom. The molecule has 6 heteroatoms. The van der Waals surface area contributed by atoms with E-state index in [2.05, 4.69) is 4.72 Å². The van der Waals surface area contributed by atoms with Gasteiger partial charge in [-0.2, -0.15) is 0 Å². The van der Waals surface area contributed by atoms with Gasteiger partial charge in [-0.25, -0.2) is 13.1 Å². The molecule has 3 aromatic rings. The molecule has 0 saturated heterocycles. The van der Waals surface area contributed by atoms with Gasteiger partial charge in [-0.05, 0) is 85.7 Å². The maximum atomic E-state index is 13.2. The van der Waals surface area contributed by atoms with Crippen LogP contribution in [0.1, 0.15) is 43.7 Å². The van der Waals surface area contributed by atoms with E-state index in [1.807, 2.05) is 76.2 Å². The summed E-state index contributed by atoms with van der Waals surface area (Å²) in [6.07, 6.45) is 0.792. The van der Waals surface area contributed by atoms with Gasteiger partial charge in [-0.15, -0.1) is 0 Å². The smallest absolute Gasteiger partial charge is 0.258 e. The first-order chi connectivity index (χ1) is 15.2. The van der Waals surface area contributed by atoms with Crippen molar-refractivity contribution in [3.63, 3.8) is 0 Å². The maximum absolute atomic E-state index is 13.2. The Hall–Kier alpha value is -2.96. The van der Waals surface area contributed by atoms with E-state index < -0.39 is 10.0 Å². The molecule has 0 atom stereocenters. The van der Waals surface area contributed by atoms with E-state index in [1.54, 1.807) is 11.0 Å². The van der Waals surface area contributed by atoms with Gasteiger partial charge in [0.25, 0.3) is 5.91 Å². The highest BCUT2D eigenvalue weighted by molar-refractivity contribution is 7.89. The van der Waals surface area contributed by atoms with Gasteiger partial charge < -0.3 is 4.90 Å². The van der Waals surface area contributed by atoms with Crippen molar-refractivity contribution < 1.29 is 13.2 Å². The Bertz CT molecular complexity index is 1310. The van der Waals surface area contributed by atoms with E-state index >= 15 is 0 Å². The van der Waals surface area contributed by atoms with E-state index in [-0.39, 0.29) is 12.5 Å². The van der Waals surface area contributed by atoms with Crippen LogP contribution in [0.25, 0.3) is 0 Å². The van der Waals surface area contributed by atoms with Crippen LogP contribution in [0.5, 0.6) is 0 Å². The highest BCUT2D eigenvalue weighted by atomic mass is 32.2. The Morgan fingerprint density at radius 2 is 1.62 bits per heavy atom. The second kappa shape index (κ2) is 8.52. The fraction of sp³-hybridized carbons (Fsp3) is 0.269. The van der Waals surface area contributed by atoms with Gasteiger partial charge in [-0.3, -0.25) is 4.79 Å². The number of hydrogen-bond donors (Lipinski definition) is 1. The number of aryl methyl sites for hydroxylation is 4. The van der Waals surface area contributed by atoms with E-state index in [4.69, 9.17) is 0 Å². The summed E-state index contributed by atoms with van der Waals surface area (Å²) in [4.78, 5) is 15.3. The van der Waals surface area contributed by atoms with Crippen LogP contribution in [-0.2, 0) is 23.0 Å². The van der Waals surface area contributed by atoms with E-state index in [9.17, 15) is 13.2 Å². The molecule has 0 bridgehead atoms. The third kappa shape index (κ3) is 4.20. The number of carbonyl (C=O) groups excluding carboxylic acids is 1. The molecule has 0 radical (unpaired) electrons. The summed E-state index contributed by atoms with van der Waals surface area (Å²) in [5.74, 6) is -0.0228. The number of hydrogen-bond acceptors (Lipinski definition) is 3. The van der Waals surface area contributed by atoms with Crippen LogP contribution >= 0.6 is 0 Å². The maximum Gasteiger partial charge on any atom is 0.258 e. The molecule has 0 fully saturated rings. The fourth-order valence-electron chi connectivity index (χ4n) is 4.18. The molecule has 1 N–H and O–H groups in total. The minimum Gasteiger partial charge on any atom is -0.308 e. The summed E-state index contributed by atoms with van der Waals surface area (Å²) in [5.41, 5.74) is 7.15. The second-order valence-electron chi connectivity index (χ2n) is 8.51. The monoisotopic (exact) mass is 448 g/mol. The molecule has 1 aliphatic heterocycles. The number of nitrogens with zero attached hydrogens (tertiary/aromatic N) is 1. The summed E-state index contributed by atoms with van der Waals surface area (Å²) in [5, 5.41) is 0. The largest absolute Gasteiger partial charge is 0.308 e. The van der Waals surface area contributed by atoms with Crippen molar-refractivity contribution in [1.82, 2.24) is 4.72 Å². The number of amides is 1. The highest BCUT2D eigenvalue weighted by Crippen LogP contribution is 2.31. The standard InChI is InChI=1S/C26H28N2O3S/c1-17-7-5-6-8-23(17)26(29)28-12-11-22-10-9-21(15-24(22)28)16-27-32(30,31)25-14-19(3)18(2)13-20(25)4/h5-10,13-15,27H,11-12,16H2,1-4H3. The molecule has 1 aliphatic rings. The number of sulfonamides is 1. The molecule has 4 rings (SSSR count). The average molecular weight is 449 g/mol.